The fourth-order valence-electron chi connectivity index (χ4n) is 2.08. The minimum Gasteiger partial charge on any atom is -0.452 e. The van der Waals surface area contributed by atoms with Gasteiger partial charge in [-0.25, -0.2) is 18.4 Å². The fourth-order valence-corrected chi connectivity index (χ4v) is 3.60. The molecular formula is C16H18N2O5S2. The fraction of sp³-hybridized carbons (Fsp3) is 0.250. The highest BCUT2D eigenvalue weighted by Gasteiger charge is 2.16. The molecule has 0 unspecified atom stereocenters. The molecule has 2 rings (SSSR count). The lowest BCUT2D eigenvalue weighted by Gasteiger charge is -2.08. The van der Waals surface area contributed by atoms with E-state index in [-0.39, 0.29) is 10.5 Å². The number of ether oxygens (including phenoxy) is 1. The van der Waals surface area contributed by atoms with Gasteiger partial charge in [0.1, 0.15) is 0 Å². The summed E-state index contributed by atoms with van der Waals surface area (Å²) in [7, 11) is -3.94. The summed E-state index contributed by atoms with van der Waals surface area (Å²) in [4.78, 5) is 24.6. The number of esters is 1. The average molecular weight is 382 g/mol. The number of aryl methyl sites for hydroxylation is 1. The van der Waals surface area contributed by atoms with E-state index in [1.165, 1.54) is 12.1 Å². The summed E-state index contributed by atoms with van der Waals surface area (Å²) >= 11 is 1.60. The number of hydrogen-bond donors (Lipinski definition) is 2. The van der Waals surface area contributed by atoms with E-state index in [2.05, 4.69) is 5.32 Å². The van der Waals surface area contributed by atoms with E-state index in [0.717, 1.165) is 10.9 Å². The number of benzene rings is 1. The Bertz CT molecular complexity index is 861. The molecule has 0 fully saturated rings. The predicted octanol–water partition coefficient (Wildman–Crippen LogP) is 1.22. The molecular weight excluding hydrogens is 364 g/mol. The highest BCUT2D eigenvalue weighted by atomic mass is 32.2. The first-order chi connectivity index (χ1) is 11.8. The van der Waals surface area contributed by atoms with E-state index >= 15 is 0 Å². The first-order valence-corrected chi connectivity index (χ1v) is 9.79. The summed E-state index contributed by atoms with van der Waals surface area (Å²) in [5.41, 5.74) is 0.436. The maximum absolute atomic E-state index is 12.0. The van der Waals surface area contributed by atoms with Gasteiger partial charge < -0.3 is 10.1 Å². The van der Waals surface area contributed by atoms with Crippen molar-refractivity contribution >= 4 is 33.2 Å². The number of amides is 1. The molecule has 0 aliphatic heterocycles. The second-order valence-electron chi connectivity index (χ2n) is 5.28. The molecule has 0 bridgehead atoms. The zero-order valence-electron chi connectivity index (χ0n) is 13.5. The van der Waals surface area contributed by atoms with Crippen LogP contribution in [0.4, 0.5) is 0 Å². The zero-order valence-corrected chi connectivity index (χ0v) is 15.2. The van der Waals surface area contributed by atoms with Crippen molar-refractivity contribution in [2.24, 2.45) is 5.14 Å². The lowest BCUT2D eigenvalue weighted by atomic mass is 10.1. The molecule has 0 aliphatic carbocycles. The lowest BCUT2D eigenvalue weighted by Crippen LogP contribution is -2.30. The van der Waals surface area contributed by atoms with Crippen molar-refractivity contribution < 1.29 is 22.7 Å². The second kappa shape index (κ2) is 8.24. The van der Waals surface area contributed by atoms with Crippen LogP contribution in [0.2, 0.25) is 0 Å². The van der Waals surface area contributed by atoms with Crippen LogP contribution in [0, 0.1) is 6.92 Å². The van der Waals surface area contributed by atoms with Gasteiger partial charge in [-0.3, -0.25) is 4.79 Å². The molecule has 0 atom stereocenters. The Kier molecular flexibility index (Phi) is 6.29. The van der Waals surface area contributed by atoms with Crippen molar-refractivity contribution in [2.75, 3.05) is 13.2 Å². The van der Waals surface area contributed by atoms with Crippen LogP contribution in [0.15, 0.2) is 40.6 Å². The third-order valence-corrected chi connectivity index (χ3v) is 5.33. The summed E-state index contributed by atoms with van der Waals surface area (Å²) < 4.78 is 27.8. The van der Waals surface area contributed by atoms with Gasteiger partial charge in [0.2, 0.25) is 10.0 Å². The van der Waals surface area contributed by atoms with Crippen LogP contribution in [0.5, 0.6) is 0 Å². The van der Waals surface area contributed by atoms with Gasteiger partial charge in [0.25, 0.3) is 5.91 Å². The number of carbonyl (C=O) groups excluding carboxylic acids is 2. The molecule has 0 saturated carbocycles. The summed E-state index contributed by atoms with van der Waals surface area (Å²) in [5.74, 6) is -1.22. The molecule has 3 N–H and O–H groups in total. The second-order valence-corrected chi connectivity index (χ2v) is 7.84. The van der Waals surface area contributed by atoms with E-state index in [9.17, 15) is 18.0 Å². The molecule has 0 radical (unpaired) electrons. The Labute approximate surface area is 149 Å². The maximum atomic E-state index is 12.0. The molecule has 9 heteroatoms. The highest BCUT2D eigenvalue weighted by molar-refractivity contribution is 7.89. The largest absolute Gasteiger partial charge is 0.452 e. The van der Waals surface area contributed by atoms with Crippen LogP contribution in [0.1, 0.15) is 20.8 Å². The number of rotatable bonds is 7. The summed E-state index contributed by atoms with van der Waals surface area (Å²) in [6, 6.07) is 7.92. The highest BCUT2D eigenvalue weighted by Crippen LogP contribution is 2.16. The van der Waals surface area contributed by atoms with Crippen LogP contribution in [0.3, 0.4) is 0 Å². The number of hydrogen-bond acceptors (Lipinski definition) is 6. The lowest BCUT2D eigenvalue weighted by molar-refractivity contribution is -0.124. The van der Waals surface area contributed by atoms with E-state index in [1.54, 1.807) is 18.3 Å². The Hall–Kier alpha value is -2.23. The maximum Gasteiger partial charge on any atom is 0.338 e. The molecule has 25 heavy (non-hydrogen) atoms. The summed E-state index contributed by atoms with van der Waals surface area (Å²) in [6.45, 7) is 1.56. The van der Waals surface area contributed by atoms with Gasteiger partial charge >= 0.3 is 5.97 Å². The van der Waals surface area contributed by atoms with Crippen molar-refractivity contribution in [1.82, 2.24) is 5.32 Å². The SMILES string of the molecule is Cc1ccc(C(=O)OCC(=O)NCCc2cccs2)cc1S(N)(=O)=O. The van der Waals surface area contributed by atoms with E-state index in [1.807, 2.05) is 17.5 Å². The van der Waals surface area contributed by atoms with Crippen LogP contribution in [-0.4, -0.2) is 33.4 Å². The van der Waals surface area contributed by atoms with Crippen LogP contribution in [-0.2, 0) is 26.0 Å². The van der Waals surface area contributed by atoms with E-state index in [4.69, 9.17) is 9.88 Å². The Morgan fingerprint density at radius 1 is 1.28 bits per heavy atom. The van der Waals surface area contributed by atoms with E-state index < -0.39 is 28.5 Å². The third-order valence-electron chi connectivity index (χ3n) is 3.34. The molecule has 0 aliphatic rings. The molecule has 134 valence electrons. The van der Waals surface area contributed by atoms with Crippen LogP contribution in [0.25, 0.3) is 0 Å². The first kappa shape index (κ1) is 19.1. The third kappa shape index (κ3) is 5.66. The van der Waals surface area contributed by atoms with Crippen molar-refractivity contribution in [3.05, 3.63) is 51.7 Å². The van der Waals surface area contributed by atoms with Gasteiger partial charge in [-0.05, 0) is 42.5 Å². The number of nitrogens with two attached hydrogens (primary N) is 1. The number of carbonyl (C=O) groups is 2. The summed E-state index contributed by atoms with van der Waals surface area (Å²) in [5, 5.41) is 9.70. The Morgan fingerprint density at radius 3 is 2.68 bits per heavy atom. The average Bonchev–Trinajstić information content (AvgIpc) is 3.05. The van der Waals surface area contributed by atoms with E-state index in [0.29, 0.717) is 18.5 Å². The molecule has 0 spiro atoms. The van der Waals surface area contributed by atoms with Gasteiger partial charge in [0.05, 0.1) is 10.5 Å². The van der Waals surface area contributed by atoms with Crippen LogP contribution < -0.4 is 10.5 Å². The molecule has 1 amide bonds. The van der Waals surface area contributed by atoms with Gasteiger partial charge in [-0.2, -0.15) is 0 Å². The minimum absolute atomic E-state index is 0.0148. The predicted molar refractivity (Wildman–Crippen MR) is 93.9 cm³/mol. The van der Waals surface area contributed by atoms with Gasteiger partial charge in [0, 0.05) is 11.4 Å². The minimum atomic E-state index is -3.94. The Balaban J connectivity index is 1.86. The molecule has 7 nitrogen and oxygen atoms in total. The standard InChI is InChI=1S/C16H18N2O5S2/c1-11-4-5-12(9-14(11)25(17,21)22)16(20)23-10-15(19)18-7-6-13-3-2-8-24-13/h2-5,8-9H,6-7,10H2,1H3,(H,18,19)(H2,17,21,22). The Morgan fingerprint density at radius 2 is 2.04 bits per heavy atom. The number of thiophene rings is 1. The quantitative estimate of drug-likeness (QED) is 0.699. The van der Waals surface area contributed by atoms with Gasteiger partial charge in [-0.15, -0.1) is 11.3 Å². The molecule has 1 heterocycles. The topological polar surface area (TPSA) is 116 Å². The van der Waals surface area contributed by atoms with Gasteiger partial charge in [-0.1, -0.05) is 12.1 Å². The van der Waals surface area contributed by atoms with Gasteiger partial charge in [0.15, 0.2) is 6.61 Å². The number of nitrogens with one attached hydrogen (secondary N) is 1. The number of sulfonamides is 1. The molecule has 1 aromatic carbocycles. The summed E-state index contributed by atoms with van der Waals surface area (Å²) in [6.07, 6.45) is 0.701. The zero-order chi connectivity index (χ0) is 18.4. The van der Waals surface area contributed by atoms with Crippen molar-refractivity contribution in [2.45, 2.75) is 18.2 Å². The smallest absolute Gasteiger partial charge is 0.338 e. The van der Waals surface area contributed by atoms with Crippen molar-refractivity contribution in [1.29, 1.82) is 0 Å². The van der Waals surface area contributed by atoms with Crippen LogP contribution >= 0.6 is 11.3 Å². The van der Waals surface area contributed by atoms with Crippen molar-refractivity contribution in [3.63, 3.8) is 0 Å². The normalized spacial score (nSPS) is 11.1. The molecule has 2 aromatic rings. The number of primary sulfonamides is 1. The first-order valence-electron chi connectivity index (χ1n) is 7.37. The molecule has 0 saturated heterocycles. The monoisotopic (exact) mass is 382 g/mol. The van der Waals surface area contributed by atoms with Crippen molar-refractivity contribution in [3.8, 4) is 0 Å². The molecule has 1 aromatic heterocycles.